The Morgan fingerprint density at radius 1 is 1.10 bits per heavy atom. The molecule has 0 spiro atoms. The van der Waals surface area contributed by atoms with Crippen molar-refractivity contribution in [3.05, 3.63) is 53.3 Å². The number of aryl methyl sites for hydroxylation is 1. The maximum absolute atomic E-state index is 13.5. The molecule has 2 aromatic carbocycles. The zero-order chi connectivity index (χ0) is 15.8. The molecule has 0 aliphatic rings. The Labute approximate surface area is 119 Å². The molecule has 0 fully saturated rings. The number of halogens is 3. The Hall–Kier alpha value is -2.22. The summed E-state index contributed by atoms with van der Waals surface area (Å²) in [6.45, 7) is 1.33. The fourth-order valence-corrected chi connectivity index (χ4v) is 2.90. The zero-order valence-corrected chi connectivity index (χ0v) is 11.6. The van der Waals surface area contributed by atoms with Crippen LogP contribution in [0, 0.1) is 24.4 Å². The molecular weight excluding hydrogens is 305 g/mol. The Kier molecular flexibility index (Phi) is 3.82. The van der Waals surface area contributed by atoms with E-state index in [-0.39, 0.29) is 16.1 Å². The first-order valence-electron chi connectivity index (χ1n) is 5.75. The van der Waals surface area contributed by atoms with Crippen LogP contribution in [0.1, 0.15) is 5.56 Å². The van der Waals surface area contributed by atoms with Crippen LogP contribution in [0.3, 0.4) is 0 Å². The Morgan fingerprint density at radius 3 is 2.19 bits per heavy atom. The third kappa shape index (κ3) is 2.94. The second-order valence-corrected chi connectivity index (χ2v) is 6.03. The topological polar surface area (TPSA) is 72.2 Å². The van der Waals surface area contributed by atoms with Crippen molar-refractivity contribution in [2.45, 2.75) is 11.8 Å². The highest BCUT2D eigenvalue weighted by atomic mass is 32.2. The first kappa shape index (κ1) is 15.2. The maximum atomic E-state index is 13.5. The summed E-state index contributed by atoms with van der Waals surface area (Å²) in [5, 5.41) is 0. The van der Waals surface area contributed by atoms with E-state index in [1.54, 1.807) is 4.72 Å². The normalized spacial score (nSPS) is 11.4. The third-order valence-corrected chi connectivity index (χ3v) is 4.09. The van der Waals surface area contributed by atoms with Crippen LogP contribution in [-0.2, 0) is 10.0 Å². The number of rotatable bonds is 3. The molecule has 0 heterocycles. The molecule has 0 bridgehead atoms. The number of para-hydroxylation sites is 1. The number of hydrogen-bond acceptors (Lipinski definition) is 3. The van der Waals surface area contributed by atoms with Crippen molar-refractivity contribution in [1.29, 1.82) is 0 Å². The molecule has 0 amide bonds. The van der Waals surface area contributed by atoms with Crippen LogP contribution in [-0.4, -0.2) is 8.42 Å². The van der Waals surface area contributed by atoms with Gasteiger partial charge < -0.3 is 5.73 Å². The quantitative estimate of drug-likeness (QED) is 0.855. The average Bonchev–Trinajstić information content (AvgIpc) is 2.40. The minimum atomic E-state index is -4.30. The van der Waals surface area contributed by atoms with Crippen molar-refractivity contribution in [1.82, 2.24) is 0 Å². The molecule has 0 saturated heterocycles. The molecule has 4 nitrogen and oxygen atoms in total. The van der Waals surface area contributed by atoms with Gasteiger partial charge in [-0.2, -0.15) is 0 Å². The summed E-state index contributed by atoms with van der Waals surface area (Å²) in [4.78, 5) is -0.387. The van der Waals surface area contributed by atoms with Gasteiger partial charge in [-0.3, -0.25) is 4.72 Å². The summed E-state index contributed by atoms with van der Waals surface area (Å²) in [5.74, 6) is -2.87. The van der Waals surface area contributed by atoms with Crippen molar-refractivity contribution in [3.63, 3.8) is 0 Å². The minimum absolute atomic E-state index is 0.00406. The van der Waals surface area contributed by atoms with Crippen LogP contribution < -0.4 is 10.5 Å². The summed E-state index contributed by atoms with van der Waals surface area (Å²) >= 11 is 0. The second-order valence-electron chi connectivity index (χ2n) is 4.35. The second kappa shape index (κ2) is 5.28. The molecule has 0 aromatic heterocycles. The smallest absolute Gasteiger partial charge is 0.262 e. The first-order chi connectivity index (χ1) is 9.72. The minimum Gasteiger partial charge on any atom is -0.396 e. The highest BCUT2D eigenvalue weighted by Gasteiger charge is 2.21. The molecule has 2 aromatic rings. The molecule has 0 radical (unpaired) electrons. The van der Waals surface area contributed by atoms with Crippen LogP contribution in [0.2, 0.25) is 0 Å². The predicted molar refractivity (Wildman–Crippen MR) is 72.7 cm³/mol. The van der Waals surface area contributed by atoms with E-state index in [1.165, 1.54) is 6.92 Å². The lowest BCUT2D eigenvalue weighted by Crippen LogP contribution is -2.16. The van der Waals surface area contributed by atoms with E-state index in [4.69, 9.17) is 5.73 Å². The lowest BCUT2D eigenvalue weighted by molar-refractivity contribution is 0.582. The monoisotopic (exact) mass is 316 g/mol. The van der Waals surface area contributed by atoms with Crippen LogP contribution in [0.25, 0.3) is 0 Å². The van der Waals surface area contributed by atoms with Gasteiger partial charge in [0.1, 0.15) is 23.1 Å². The fourth-order valence-electron chi connectivity index (χ4n) is 1.71. The first-order valence-corrected chi connectivity index (χ1v) is 7.23. The summed E-state index contributed by atoms with van der Waals surface area (Å²) in [6, 6.07) is 4.81. The Morgan fingerprint density at radius 2 is 1.67 bits per heavy atom. The van der Waals surface area contributed by atoms with Gasteiger partial charge in [0.15, 0.2) is 0 Å². The van der Waals surface area contributed by atoms with Gasteiger partial charge in [0.25, 0.3) is 10.0 Å². The average molecular weight is 316 g/mol. The summed E-state index contributed by atoms with van der Waals surface area (Å²) in [6.07, 6.45) is 0. The molecule has 8 heteroatoms. The molecule has 0 unspecified atom stereocenters. The zero-order valence-electron chi connectivity index (χ0n) is 10.8. The molecule has 3 N–H and O–H groups in total. The van der Waals surface area contributed by atoms with E-state index in [1.807, 2.05) is 0 Å². The lowest BCUT2D eigenvalue weighted by Gasteiger charge is -2.11. The van der Waals surface area contributed by atoms with Gasteiger partial charge in [-0.25, -0.2) is 21.6 Å². The summed E-state index contributed by atoms with van der Waals surface area (Å²) in [7, 11) is -4.30. The number of nitrogen functional groups attached to an aromatic ring is 1. The number of benzene rings is 2. The number of sulfonamides is 1. The van der Waals surface area contributed by atoms with Crippen molar-refractivity contribution in [2.75, 3.05) is 10.5 Å². The van der Waals surface area contributed by atoms with E-state index in [0.717, 1.165) is 30.3 Å². The molecule has 0 saturated carbocycles. The van der Waals surface area contributed by atoms with E-state index in [2.05, 4.69) is 0 Å². The van der Waals surface area contributed by atoms with Crippen molar-refractivity contribution >= 4 is 21.4 Å². The van der Waals surface area contributed by atoms with Gasteiger partial charge in [-0.05, 0) is 36.8 Å². The largest absolute Gasteiger partial charge is 0.396 e. The standard InChI is InChI=1S/C13H11F3N2O2S/c1-7-5-8(6-11(17)12(7)16)21(19,20)18-13-9(14)3-2-4-10(13)15/h2-6,18H,17H2,1H3. The number of hydrogen-bond donors (Lipinski definition) is 2. The summed E-state index contributed by atoms with van der Waals surface area (Å²) in [5.41, 5.74) is 4.18. The van der Waals surface area contributed by atoms with E-state index in [0.29, 0.717) is 0 Å². The van der Waals surface area contributed by atoms with Gasteiger partial charge in [-0.15, -0.1) is 0 Å². The number of nitrogens with two attached hydrogens (primary N) is 1. The van der Waals surface area contributed by atoms with Gasteiger partial charge in [0.05, 0.1) is 10.6 Å². The molecule has 21 heavy (non-hydrogen) atoms. The van der Waals surface area contributed by atoms with E-state index >= 15 is 0 Å². The third-order valence-electron chi connectivity index (χ3n) is 2.77. The van der Waals surface area contributed by atoms with Crippen LogP contribution in [0.4, 0.5) is 24.5 Å². The fraction of sp³-hybridized carbons (Fsp3) is 0.0769. The SMILES string of the molecule is Cc1cc(S(=O)(=O)Nc2c(F)cccc2F)cc(N)c1F. The number of anilines is 2. The van der Waals surface area contributed by atoms with E-state index in [9.17, 15) is 21.6 Å². The van der Waals surface area contributed by atoms with Crippen LogP contribution in [0.5, 0.6) is 0 Å². The Balaban J connectivity index is 2.49. The van der Waals surface area contributed by atoms with Gasteiger partial charge in [0, 0.05) is 0 Å². The van der Waals surface area contributed by atoms with Crippen molar-refractivity contribution < 1.29 is 21.6 Å². The lowest BCUT2D eigenvalue weighted by atomic mass is 10.2. The van der Waals surface area contributed by atoms with E-state index < -0.39 is 33.2 Å². The predicted octanol–water partition coefficient (Wildman–Crippen LogP) is 2.80. The van der Waals surface area contributed by atoms with Crippen LogP contribution >= 0.6 is 0 Å². The van der Waals surface area contributed by atoms with Crippen molar-refractivity contribution in [3.8, 4) is 0 Å². The van der Waals surface area contributed by atoms with Crippen LogP contribution in [0.15, 0.2) is 35.2 Å². The summed E-state index contributed by atoms with van der Waals surface area (Å²) < 4.78 is 66.3. The van der Waals surface area contributed by atoms with Gasteiger partial charge in [0.2, 0.25) is 0 Å². The molecule has 112 valence electrons. The van der Waals surface area contributed by atoms with Crippen molar-refractivity contribution in [2.24, 2.45) is 0 Å². The molecular formula is C13H11F3N2O2S. The molecule has 0 atom stereocenters. The van der Waals surface area contributed by atoms with Gasteiger partial charge in [-0.1, -0.05) is 6.07 Å². The molecule has 0 aliphatic heterocycles. The Bertz CT molecular complexity index is 764. The van der Waals surface area contributed by atoms with Gasteiger partial charge >= 0.3 is 0 Å². The highest BCUT2D eigenvalue weighted by Crippen LogP contribution is 2.25. The molecule has 0 aliphatic carbocycles. The maximum Gasteiger partial charge on any atom is 0.262 e. The molecule has 2 rings (SSSR count). The number of nitrogens with one attached hydrogen (secondary N) is 1. The highest BCUT2D eigenvalue weighted by molar-refractivity contribution is 7.92.